The first-order chi connectivity index (χ1) is 18.5. The normalized spacial score (nSPS) is 15.6. The largest absolute Gasteiger partial charge is 0.472 e. The van der Waals surface area contributed by atoms with Crippen molar-refractivity contribution in [3.63, 3.8) is 0 Å². The Morgan fingerprint density at radius 1 is 0.846 bits per heavy atom. The second-order valence-corrected chi connectivity index (χ2v) is 13.0. The molecule has 0 saturated carbocycles. The second-order valence-electron chi connectivity index (χ2n) is 11.6. The molecule has 0 aliphatic carbocycles. The average molecular weight is 576 g/mol. The molecule has 0 spiro atoms. The standard InChI is InChI=1S/C30H59N2O6P/c1-6-7-8-9-10-11-12-13-14-15-16-17-18-19-20-21-22-23-24-30(34)29(31-28(2)33)27-38-39(35,36)37-26-25-32(3,4)5/h19-20,23-24,29-30,34H,6-18,21-22,25-27H2,1-5H3,(H-,31,33,35,36)/p+1/b20-19+,24-23+. The van der Waals surface area contributed by atoms with Crippen LogP contribution in [0.4, 0.5) is 0 Å². The van der Waals surface area contributed by atoms with Crippen molar-refractivity contribution in [3.8, 4) is 0 Å². The molecular weight excluding hydrogens is 515 g/mol. The third-order valence-electron chi connectivity index (χ3n) is 6.46. The number of nitrogens with one attached hydrogen (secondary N) is 1. The molecule has 3 N–H and O–H groups in total. The molecule has 8 nitrogen and oxygen atoms in total. The molecule has 0 saturated heterocycles. The van der Waals surface area contributed by atoms with E-state index in [0.29, 0.717) is 11.0 Å². The van der Waals surface area contributed by atoms with Crippen molar-refractivity contribution in [1.29, 1.82) is 0 Å². The van der Waals surface area contributed by atoms with Crippen LogP contribution in [0.3, 0.4) is 0 Å². The van der Waals surface area contributed by atoms with E-state index < -0.39 is 20.0 Å². The highest BCUT2D eigenvalue weighted by Gasteiger charge is 2.27. The lowest BCUT2D eigenvalue weighted by atomic mass is 10.0. The van der Waals surface area contributed by atoms with Crippen LogP contribution < -0.4 is 5.32 Å². The number of carbonyl (C=O) groups excluding carboxylic acids is 1. The first-order valence-electron chi connectivity index (χ1n) is 15.2. The molecule has 0 aliphatic rings. The van der Waals surface area contributed by atoms with Gasteiger partial charge < -0.3 is 19.8 Å². The van der Waals surface area contributed by atoms with Gasteiger partial charge in [0.05, 0.1) is 39.9 Å². The molecule has 0 radical (unpaired) electrons. The number of rotatable bonds is 26. The minimum absolute atomic E-state index is 0.0529. The minimum atomic E-state index is -4.29. The van der Waals surface area contributed by atoms with Gasteiger partial charge >= 0.3 is 7.82 Å². The van der Waals surface area contributed by atoms with Crippen molar-refractivity contribution in [2.24, 2.45) is 0 Å². The summed E-state index contributed by atoms with van der Waals surface area (Å²) >= 11 is 0. The number of hydrogen-bond acceptors (Lipinski definition) is 5. The van der Waals surface area contributed by atoms with E-state index in [1.54, 1.807) is 6.08 Å². The van der Waals surface area contributed by atoms with E-state index >= 15 is 0 Å². The molecule has 3 atom stereocenters. The Hall–Kier alpha value is -1.02. The van der Waals surface area contributed by atoms with E-state index in [-0.39, 0.29) is 19.1 Å². The molecule has 230 valence electrons. The smallest absolute Gasteiger partial charge is 0.387 e. The number of phosphoric ester groups is 1. The molecule has 0 aromatic heterocycles. The highest BCUT2D eigenvalue weighted by Crippen LogP contribution is 2.43. The first-order valence-corrected chi connectivity index (χ1v) is 16.7. The van der Waals surface area contributed by atoms with Crippen LogP contribution in [0.25, 0.3) is 0 Å². The second kappa shape index (κ2) is 23.7. The molecule has 0 aliphatic heterocycles. The van der Waals surface area contributed by atoms with Gasteiger partial charge in [0.2, 0.25) is 5.91 Å². The van der Waals surface area contributed by atoms with Crippen LogP contribution in [-0.2, 0) is 18.4 Å². The Balaban J connectivity index is 4.04. The number of aliphatic hydroxyl groups is 1. The topological polar surface area (TPSA) is 105 Å². The van der Waals surface area contributed by atoms with Gasteiger partial charge in [-0.2, -0.15) is 0 Å². The predicted molar refractivity (Wildman–Crippen MR) is 161 cm³/mol. The number of aliphatic hydroxyl groups excluding tert-OH is 1. The lowest BCUT2D eigenvalue weighted by Crippen LogP contribution is -2.44. The first kappa shape index (κ1) is 38.0. The molecule has 1 amide bonds. The fraction of sp³-hybridized carbons (Fsp3) is 0.833. The number of unbranched alkanes of at least 4 members (excludes halogenated alkanes) is 13. The maximum Gasteiger partial charge on any atom is 0.472 e. The van der Waals surface area contributed by atoms with Crippen molar-refractivity contribution in [2.75, 3.05) is 40.9 Å². The monoisotopic (exact) mass is 575 g/mol. The number of hydrogen-bond donors (Lipinski definition) is 3. The number of amides is 1. The summed E-state index contributed by atoms with van der Waals surface area (Å²) in [6.07, 6.45) is 25.8. The highest BCUT2D eigenvalue weighted by molar-refractivity contribution is 7.47. The Kier molecular flexibility index (Phi) is 23.0. The van der Waals surface area contributed by atoms with E-state index in [0.717, 1.165) is 19.3 Å². The quantitative estimate of drug-likeness (QED) is 0.0460. The summed E-state index contributed by atoms with van der Waals surface area (Å²) in [6, 6.07) is -0.859. The summed E-state index contributed by atoms with van der Waals surface area (Å²) in [7, 11) is 1.54. The molecule has 0 fully saturated rings. The van der Waals surface area contributed by atoms with Gasteiger partial charge in [-0.3, -0.25) is 13.8 Å². The summed E-state index contributed by atoms with van der Waals surface area (Å²) in [5.41, 5.74) is 0. The van der Waals surface area contributed by atoms with Gasteiger partial charge in [0.15, 0.2) is 0 Å². The Morgan fingerprint density at radius 2 is 1.36 bits per heavy atom. The molecule has 39 heavy (non-hydrogen) atoms. The van der Waals surface area contributed by atoms with E-state index in [1.165, 1.54) is 84.0 Å². The molecule has 0 aromatic rings. The van der Waals surface area contributed by atoms with E-state index in [9.17, 15) is 19.4 Å². The summed E-state index contributed by atoms with van der Waals surface area (Å²) < 4.78 is 22.7. The van der Waals surface area contributed by atoms with Crippen molar-refractivity contribution in [3.05, 3.63) is 24.3 Å². The van der Waals surface area contributed by atoms with Gasteiger partial charge in [0.1, 0.15) is 13.2 Å². The number of carbonyl (C=O) groups is 1. The van der Waals surface area contributed by atoms with Crippen LogP contribution in [0.1, 0.15) is 110 Å². The van der Waals surface area contributed by atoms with Crippen LogP contribution in [0.15, 0.2) is 24.3 Å². The van der Waals surface area contributed by atoms with E-state index in [4.69, 9.17) is 9.05 Å². The number of allylic oxidation sites excluding steroid dienone is 3. The van der Waals surface area contributed by atoms with Crippen LogP contribution in [0.5, 0.6) is 0 Å². The summed E-state index contributed by atoms with van der Waals surface area (Å²) in [5.74, 6) is -0.365. The number of quaternary nitrogens is 1. The zero-order valence-electron chi connectivity index (χ0n) is 25.6. The zero-order valence-corrected chi connectivity index (χ0v) is 26.5. The van der Waals surface area contributed by atoms with Gasteiger partial charge in [-0.15, -0.1) is 0 Å². The number of phosphoric acid groups is 1. The molecule has 0 bridgehead atoms. The lowest BCUT2D eigenvalue weighted by Gasteiger charge is -2.25. The third-order valence-corrected chi connectivity index (χ3v) is 7.44. The van der Waals surface area contributed by atoms with Crippen molar-refractivity contribution in [2.45, 2.75) is 122 Å². The molecule has 0 heterocycles. The minimum Gasteiger partial charge on any atom is -0.387 e. The van der Waals surface area contributed by atoms with Crippen molar-refractivity contribution in [1.82, 2.24) is 5.32 Å². The number of likely N-dealkylation sites (N-methyl/N-ethyl adjacent to an activating group) is 1. The summed E-state index contributed by atoms with van der Waals surface area (Å²) in [4.78, 5) is 21.4. The Morgan fingerprint density at radius 3 is 1.90 bits per heavy atom. The zero-order chi connectivity index (χ0) is 29.4. The Bertz CT molecular complexity index is 708. The summed E-state index contributed by atoms with van der Waals surface area (Å²) in [5, 5.41) is 13.0. The fourth-order valence-corrected chi connectivity index (χ4v) is 4.77. The maximum absolute atomic E-state index is 12.1. The van der Waals surface area contributed by atoms with E-state index in [1.807, 2.05) is 27.2 Å². The van der Waals surface area contributed by atoms with Crippen LogP contribution in [-0.4, -0.2) is 73.4 Å². The van der Waals surface area contributed by atoms with Gasteiger partial charge in [-0.05, 0) is 25.7 Å². The fourth-order valence-electron chi connectivity index (χ4n) is 4.03. The van der Waals surface area contributed by atoms with Gasteiger partial charge in [0, 0.05) is 6.92 Å². The van der Waals surface area contributed by atoms with Crippen molar-refractivity contribution < 1.29 is 32.9 Å². The van der Waals surface area contributed by atoms with Crippen LogP contribution in [0, 0.1) is 0 Å². The van der Waals surface area contributed by atoms with Gasteiger partial charge in [0.25, 0.3) is 0 Å². The SMILES string of the molecule is CCCCCCCCCCCCCC/C=C/CC/C=C/C(O)C(COP(=O)(O)OCC[N+](C)(C)C)NC(C)=O. The molecular formula is C30H60N2O6P+. The molecule has 3 unspecified atom stereocenters. The van der Waals surface area contributed by atoms with E-state index in [2.05, 4.69) is 24.4 Å². The average Bonchev–Trinajstić information content (AvgIpc) is 2.84. The Labute approximate surface area is 239 Å². The van der Waals surface area contributed by atoms with Gasteiger partial charge in [-0.1, -0.05) is 102 Å². The molecule has 0 rings (SSSR count). The lowest BCUT2D eigenvalue weighted by molar-refractivity contribution is -0.870. The molecule has 9 heteroatoms. The van der Waals surface area contributed by atoms with Crippen LogP contribution >= 0.6 is 7.82 Å². The molecule has 0 aromatic carbocycles. The maximum atomic E-state index is 12.1. The third kappa shape index (κ3) is 26.9. The predicted octanol–water partition coefficient (Wildman–Crippen LogP) is 6.68. The van der Waals surface area contributed by atoms with Crippen LogP contribution in [0.2, 0.25) is 0 Å². The van der Waals surface area contributed by atoms with Crippen molar-refractivity contribution >= 4 is 13.7 Å². The van der Waals surface area contributed by atoms with Gasteiger partial charge in [-0.25, -0.2) is 4.57 Å². The summed E-state index contributed by atoms with van der Waals surface area (Å²) in [6.45, 7) is 3.82. The number of nitrogens with zero attached hydrogens (tertiary/aromatic N) is 1. The highest BCUT2D eigenvalue weighted by atomic mass is 31.2.